The molecule has 12 heteroatoms. The first-order valence-corrected chi connectivity index (χ1v) is 15.6. The van der Waals surface area contributed by atoms with Crippen molar-refractivity contribution < 1.29 is 30.0 Å². The number of nitrogens with zero attached hydrogens (tertiary/aromatic N) is 2. The summed E-state index contributed by atoms with van der Waals surface area (Å²) < 4.78 is 1.83. The number of nitrogens with two attached hydrogens (primary N) is 1. The van der Waals surface area contributed by atoms with Crippen LogP contribution >= 0.6 is 35.3 Å². The number of carbonyl (C=O) groups excluding carboxylic acids is 1. The average molecular weight is 677 g/mol. The molecule has 2 aromatic carbocycles. The largest absolute Gasteiger partial charge is 0.481 e. The number of aliphatic hydroxyl groups excluding tert-OH is 3. The first kappa shape index (κ1) is 36.4. The summed E-state index contributed by atoms with van der Waals surface area (Å²) >= 11 is 8.08. The second kappa shape index (κ2) is 17.0. The highest BCUT2D eigenvalue weighted by molar-refractivity contribution is 7.10. The molecule has 0 amide bonds. The third kappa shape index (κ3) is 9.25. The summed E-state index contributed by atoms with van der Waals surface area (Å²) in [5, 5.41) is 37.2. The minimum absolute atomic E-state index is 0. The fourth-order valence-electron chi connectivity index (χ4n) is 5.09. The first-order chi connectivity index (χ1) is 21.2. The predicted molar refractivity (Wildman–Crippen MR) is 178 cm³/mol. The van der Waals surface area contributed by atoms with E-state index in [1.165, 1.54) is 17.5 Å². The van der Waals surface area contributed by atoms with Crippen molar-refractivity contribution in [1.82, 2.24) is 9.47 Å². The number of carbonyl (C=O) groups is 2. The van der Waals surface area contributed by atoms with Crippen LogP contribution in [0.3, 0.4) is 0 Å². The van der Waals surface area contributed by atoms with Crippen molar-refractivity contribution in [3.05, 3.63) is 116 Å². The van der Waals surface area contributed by atoms with Crippen molar-refractivity contribution in [2.45, 2.75) is 43.9 Å². The number of benzene rings is 2. The summed E-state index contributed by atoms with van der Waals surface area (Å²) in [6.45, 7) is 2.53. The van der Waals surface area contributed by atoms with E-state index in [4.69, 9.17) is 37.8 Å². The zero-order valence-corrected chi connectivity index (χ0v) is 27.1. The summed E-state index contributed by atoms with van der Waals surface area (Å²) in [4.78, 5) is 27.5. The average Bonchev–Trinajstić information content (AvgIpc) is 3.79. The molecule has 0 bridgehead atoms. The van der Waals surface area contributed by atoms with Crippen LogP contribution < -0.4 is 5.73 Å². The molecular formula is C33H39Cl2N3O6S. The van der Waals surface area contributed by atoms with Gasteiger partial charge in [0.2, 0.25) is 5.78 Å². The number of aliphatic carboxylic acids is 1. The molecule has 6 rings (SSSR count). The standard InChI is InChI=1S/C15H13NO3.C14H14ClNS.C4H11NO3.ClH/c17-14(10-4-2-1-3-5-10)13-7-6-12-11(15(18)19)8-9-16(12)13;15-13-4-2-1-3-11(13)9-16-7-5-14-12(10-16)6-8-17-14;5-4(1-6,2-7)3-8;/h1-7,11H,8-9H2,(H,18,19);1-4,6,8H,5,7,9-10H2;6-8H,1-3,5H2;1H. The monoisotopic (exact) mass is 675 g/mol. The lowest BCUT2D eigenvalue weighted by Gasteiger charge is -2.27. The van der Waals surface area contributed by atoms with Gasteiger partial charge in [0.15, 0.2) is 0 Å². The Balaban J connectivity index is 0.000000197. The molecule has 242 valence electrons. The molecular weight excluding hydrogens is 637 g/mol. The molecule has 1 unspecified atom stereocenters. The number of aliphatic hydroxyl groups is 3. The molecule has 6 N–H and O–H groups in total. The fraction of sp³-hybridized carbons (Fsp3) is 0.333. The number of fused-ring (bicyclic) bond motifs is 2. The molecule has 45 heavy (non-hydrogen) atoms. The van der Waals surface area contributed by atoms with Crippen LogP contribution in [0.4, 0.5) is 0 Å². The third-order valence-corrected chi connectivity index (χ3v) is 9.15. The van der Waals surface area contributed by atoms with Crippen molar-refractivity contribution in [2.75, 3.05) is 26.4 Å². The van der Waals surface area contributed by atoms with E-state index in [9.17, 15) is 9.59 Å². The maximum Gasteiger partial charge on any atom is 0.312 e. The Bertz CT molecular complexity index is 1530. The van der Waals surface area contributed by atoms with Crippen LogP contribution in [0, 0.1) is 0 Å². The Morgan fingerprint density at radius 3 is 2.22 bits per heavy atom. The van der Waals surface area contributed by atoms with Gasteiger partial charge in [0.1, 0.15) is 0 Å². The molecule has 0 radical (unpaired) electrons. The van der Waals surface area contributed by atoms with Gasteiger partial charge in [0.05, 0.1) is 37.0 Å². The number of rotatable bonds is 8. The van der Waals surface area contributed by atoms with Crippen molar-refractivity contribution in [1.29, 1.82) is 0 Å². The highest BCUT2D eigenvalue weighted by Gasteiger charge is 2.31. The van der Waals surface area contributed by atoms with Crippen molar-refractivity contribution in [3.8, 4) is 0 Å². The van der Waals surface area contributed by atoms with E-state index in [1.807, 2.05) is 46.2 Å². The van der Waals surface area contributed by atoms with E-state index in [1.54, 1.807) is 29.1 Å². The number of halogens is 2. The Morgan fingerprint density at radius 2 is 1.60 bits per heavy atom. The number of ketones is 1. The van der Waals surface area contributed by atoms with Gasteiger partial charge in [-0.1, -0.05) is 60.1 Å². The van der Waals surface area contributed by atoms with Crippen LogP contribution in [0.1, 0.15) is 50.1 Å². The summed E-state index contributed by atoms with van der Waals surface area (Å²) in [7, 11) is 0. The first-order valence-electron chi connectivity index (χ1n) is 14.3. The zero-order valence-electron chi connectivity index (χ0n) is 24.7. The normalized spacial score (nSPS) is 15.4. The predicted octanol–water partition coefficient (Wildman–Crippen LogP) is 4.33. The lowest BCUT2D eigenvalue weighted by Crippen LogP contribution is -2.50. The molecule has 4 aromatic rings. The van der Waals surface area contributed by atoms with E-state index >= 15 is 0 Å². The SMILES string of the molecule is Cl.Clc1ccccc1CN1CCc2sccc2C1.NC(CO)(CO)CO.O=C(c1ccccc1)c1ccc2n1CCC2C(=O)O. The van der Waals surface area contributed by atoms with Crippen molar-refractivity contribution in [3.63, 3.8) is 0 Å². The van der Waals surface area contributed by atoms with Gasteiger partial charge in [0, 0.05) is 47.3 Å². The van der Waals surface area contributed by atoms with Gasteiger partial charge in [-0.3, -0.25) is 14.5 Å². The van der Waals surface area contributed by atoms with E-state index in [0.717, 1.165) is 30.4 Å². The van der Waals surface area contributed by atoms with Crippen LogP contribution in [0.25, 0.3) is 0 Å². The molecule has 9 nitrogen and oxygen atoms in total. The highest BCUT2D eigenvalue weighted by Crippen LogP contribution is 2.31. The maximum absolute atomic E-state index is 12.4. The maximum atomic E-state index is 12.4. The van der Waals surface area contributed by atoms with Crippen LogP contribution in [-0.2, 0) is 30.8 Å². The second-order valence-electron chi connectivity index (χ2n) is 10.9. The zero-order chi connectivity index (χ0) is 31.7. The Morgan fingerprint density at radius 1 is 0.933 bits per heavy atom. The molecule has 0 saturated carbocycles. The number of aromatic nitrogens is 1. The summed E-state index contributed by atoms with van der Waals surface area (Å²) in [6, 6.07) is 22.9. The number of hydrogen-bond acceptors (Lipinski definition) is 8. The minimum Gasteiger partial charge on any atom is -0.481 e. The van der Waals surface area contributed by atoms with Gasteiger partial charge in [-0.25, -0.2) is 0 Å². The molecule has 2 aliphatic rings. The van der Waals surface area contributed by atoms with Gasteiger partial charge in [-0.2, -0.15) is 0 Å². The fourth-order valence-corrected chi connectivity index (χ4v) is 6.17. The minimum atomic E-state index is -1.21. The van der Waals surface area contributed by atoms with Crippen molar-refractivity contribution in [2.24, 2.45) is 5.73 Å². The molecule has 0 spiro atoms. The van der Waals surface area contributed by atoms with Gasteiger partial charge in [-0.05, 0) is 53.6 Å². The van der Waals surface area contributed by atoms with E-state index < -0.39 is 37.2 Å². The van der Waals surface area contributed by atoms with Gasteiger partial charge >= 0.3 is 5.97 Å². The quantitative estimate of drug-likeness (QED) is 0.173. The number of carboxylic acid groups (broad SMARTS) is 1. The van der Waals surface area contributed by atoms with Gasteiger partial charge in [0.25, 0.3) is 0 Å². The molecule has 0 fully saturated rings. The molecule has 2 aliphatic heterocycles. The molecule has 0 aliphatic carbocycles. The van der Waals surface area contributed by atoms with Crippen LogP contribution in [0.5, 0.6) is 0 Å². The summed E-state index contributed by atoms with van der Waals surface area (Å²) in [6.07, 6.45) is 1.73. The summed E-state index contributed by atoms with van der Waals surface area (Å²) in [5.41, 5.74) is 8.59. The molecule has 0 saturated heterocycles. The van der Waals surface area contributed by atoms with Crippen LogP contribution in [0.2, 0.25) is 5.02 Å². The Hall–Kier alpha value is -3.06. The topological polar surface area (TPSA) is 149 Å². The van der Waals surface area contributed by atoms with E-state index in [0.29, 0.717) is 24.2 Å². The number of carboxylic acids is 1. The van der Waals surface area contributed by atoms with Gasteiger partial charge in [-0.15, -0.1) is 23.7 Å². The third-order valence-electron chi connectivity index (χ3n) is 7.76. The Kier molecular flexibility index (Phi) is 13.8. The smallest absolute Gasteiger partial charge is 0.312 e. The lowest BCUT2D eigenvalue weighted by atomic mass is 10.1. The Labute approximate surface area is 277 Å². The second-order valence-corrected chi connectivity index (χ2v) is 12.3. The van der Waals surface area contributed by atoms with Crippen LogP contribution in [0.15, 0.2) is 78.2 Å². The van der Waals surface area contributed by atoms with Crippen LogP contribution in [-0.4, -0.2) is 73.5 Å². The lowest BCUT2D eigenvalue weighted by molar-refractivity contribution is -0.138. The number of thiophene rings is 1. The van der Waals surface area contributed by atoms with E-state index in [-0.39, 0.29) is 18.2 Å². The molecule has 2 aromatic heterocycles. The highest BCUT2D eigenvalue weighted by atomic mass is 35.5. The molecule has 1 atom stereocenters. The summed E-state index contributed by atoms with van der Waals surface area (Å²) in [5.74, 6) is -1.37. The molecule has 4 heterocycles. The number of hydrogen-bond donors (Lipinski definition) is 5. The van der Waals surface area contributed by atoms with E-state index in [2.05, 4.69) is 28.5 Å². The van der Waals surface area contributed by atoms with Gasteiger partial charge < -0.3 is 30.7 Å². The van der Waals surface area contributed by atoms with Crippen molar-refractivity contribution >= 4 is 47.1 Å².